The minimum atomic E-state index is 0.577. The van der Waals surface area contributed by atoms with E-state index in [1.165, 1.54) is 0 Å². The number of rotatable bonds is 4. The van der Waals surface area contributed by atoms with Crippen molar-refractivity contribution in [2.45, 2.75) is 12.8 Å². The Kier molecular flexibility index (Phi) is 5.01. The van der Waals surface area contributed by atoms with E-state index >= 15 is 0 Å². The number of nitrogens with zero attached hydrogens (tertiary/aromatic N) is 1. The van der Waals surface area contributed by atoms with E-state index < -0.39 is 0 Å². The summed E-state index contributed by atoms with van der Waals surface area (Å²) in [6, 6.07) is 0. The Morgan fingerprint density at radius 3 is 2.25 bits per heavy atom. The van der Waals surface area contributed by atoms with E-state index in [-0.39, 0.29) is 0 Å². The van der Waals surface area contributed by atoms with Crippen LogP contribution in [-0.2, 0) is 0 Å². The van der Waals surface area contributed by atoms with Crippen LogP contribution in [-0.4, -0.2) is 32.1 Å². The highest BCUT2D eigenvalue weighted by molar-refractivity contribution is 4.44. The minimum absolute atomic E-state index is 0.577. The summed E-state index contributed by atoms with van der Waals surface area (Å²) >= 11 is 0. The molecule has 0 aromatic carbocycles. The lowest BCUT2D eigenvalue weighted by molar-refractivity contribution is 0.395. The maximum absolute atomic E-state index is 6.83. The predicted molar refractivity (Wildman–Crippen MR) is 35.8 cm³/mol. The lowest BCUT2D eigenvalue weighted by Gasteiger charge is -2.06. The molecule has 0 atom stereocenters. The lowest BCUT2D eigenvalue weighted by Crippen LogP contribution is -2.13. The Bertz CT molecular complexity index is 43.8. The van der Waals surface area contributed by atoms with E-state index in [0.29, 0.717) is 6.54 Å². The molecule has 2 nitrogen and oxygen atoms in total. The smallest absolute Gasteiger partial charge is 0.0100 e. The van der Waals surface area contributed by atoms with E-state index in [4.69, 9.17) is 5.73 Å². The van der Waals surface area contributed by atoms with Gasteiger partial charge in [0.1, 0.15) is 0 Å². The van der Waals surface area contributed by atoms with Gasteiger partial charge in [-0.3, -0.25) is 5.73 Å². The molecule has 0 saturated carbocycles. The zero-order chi connectivity index (χ0) is 6.41. The van der Waals surface area contributed by atoms with Crippen LogP contribution in [0.2, 0.25) is 0 Å². The molecule has 0 fully saturated rings. The Morgan fingerprint density at radius 2 is 1.88 bits per heavy atom. The van der Waals surface area contributed by atoms with E-state index in [0.717, 1.165) is 19.4 Å². The summed E-state index contributed by atoms with van der Waals surface area (Å²) in [4.78, 5) is 2.15. The highest BCUT2D eigenvalue weighted by Gasteiger charge is 1.86. The van der Waals surface area contributed by atoms with Crippen LogP contribution in [0.3, 0.4) is 0 Å². The van der Waals surface area contributed by atoms with Gasteiger partial charge in [0.15, 0.2) is 0 Å². The van der Waals surface area contributed by atoms with Gasteiger partial charge in [0, 0.05) is 6.54 Å². The third-order valence-electron chi connectivity index (χ3n) is 1.03. The lowest BCUT2D eigenvalue weighted by atomic mass is 10.3. The first kappa shape index (κ1) is 7.92. The topological polar surface area (TPSA) is 27.0 Å². The van der Waals surface area contributed by atoms with Gasteiger partial charge in [-0.05, 0) is 33.5 Å². The average molecular weight is 115 g/mol. The molecule has 0 aromatic heterocycles. The largest absolute Gasteiger partial charge is 0.309 e. The van der Waals surface area contributed by atoms with E-state index in [9.17, 15) is 0 Å². The van der Waals surface area contributed by atoms with Crippen molar-refractivity contribution in [2.24, 2.45) is 0 Å². The molecule has 0 heterocycles. The Labute approximate surface area is 51.7 Å². The first-order chi connectivity index (χ1) is 3.77. The first-order valence-corrected chi connectivity index (χ1v) is 3.06. The van der Waals surface area contributed by atoms with Crippen molar-refractivity contribution in [3.05, 3.63) is 0 Å². The maximum Gasteiger partial charge on any atom is 0.0100 e. The zero-order valence-corrected chi connectivity index (χ0v) is 5.78. The van der Waals surface area contributed by atoms with E-state index in [2.05, 4.69) is 19.0 Å². The third kappa shape index (κ3) is 5.92. The van der Waals surface area contributed by atoms with Crippen LogP contribution in [0, 0.1) is 0 Å². The fourth-order valence-electron chi connectivity index (χ4n) is 0.553. The SMILES string of the molecule is CN(C)CCCC[NH]. The Morgan fingerprint density at radius 1 is 1.25 bits per heavy atom. The second kappa shape index (κ2) is 5.06. The van der Waals surface area contributed by atoms with Crippen LogP contribution < -0.4 is 5.73 Å². The molecule has 1 N–H and O–H groups in total. The van der Waals surface area contributed by atoms with Crippen LogP contribution in [0.25, 0.3) is 0 Å². The summed E-state index contributed by atoms with van der Waals surface area (Å²) in [5, 5.41) is 0. The van der Waals surface area contributed by atoms with Crippen molar-refractivity contribution in [3.8, 4) is 0 Å². The number of nitrogens with one attached hydrogen (secondary N) is 1. The molecular formula is C6H15N2. The number of hydrogen-bond acceptors (Lipinski definition) is 1. The molecule has 49 valence electrons. The van der Waals surface area contributed by atoms with Gasteiger partial charge in [-0.1, -0.05) is 0 Å². The second-order valence-corrected chi connectivity index (χ2v) is 2.26. The summed E-state index contributed by atoms with van der Waals surface area (Å²) in [5.74, 6) is 0. The summed E-state index contributed by atoms with van der Waals surface area (Å²) in [6.45, 7) is 1.70. The second-order valence-electron chi connectivity index (χ2n) is 2.26. The highest BCUT2D eigenvalue weighted by Crippen LogP contribution is 1.86. The molecule has 0 unspecified atom stereocenters. The van der Waals surface area contributed by atoms with Gasteiger partial charge in [-0.15, -0.1) is 0 Å². The van der Waals surface area contributed by atoms with Crippen LogP contribution in [0.15, 0.2) is 0 Å². The Hall–Kier alpha value is -0.0800. The van der Waals surface area contributed by atoms with E-state index in [1.54, 1.807) is 0 Å². The van der Waals surface area contributed by atoms with Gasteiger partial charge < -0.3 is 4.90 Å². The Balaban J connectivity index is 2.72. The molecular weight excluding hydrogens is 100 g/mol. The van der Waals surface area contributed by atoms with Gasteiger partial charge in [-0.2, -0.15) is 0 Å². The van der Waals surface area contributed by atoms with Crippen molar-refractivity contribution < 1.29 is 0 Å². The summed E-state index contributed by atoms with van der Waals surface area (Å²) in [6.07, 6.45) is 2.20. The quantitative estimate of drug-likeness (QED) is 0.493. The van der Waals surface area contributed by atoms with Crippen LogP contribution in [0.5, 0.6) is 0 Å². The van der Waals surface area contributed by atoms with E-state index in [1.807, 2.05) is 0 Å². The molecule has 0 aromatic rings. The van der Waals surface area contributed by atoms with Crippen molar-refractivity contribution in [2.75, 3.05) is 27.2 Å². The zero-order valence-electron chi connectivity index (χ0n) is 5.78. The molecule has 0 amide bonds. The van der Waals surface area contributed by atoms with Gasteiger partial charge in [-0.25, -0.2) is 0 Å². The molecule has 0 spiro atoms. The van der Waals surface area contributed by atoms with Crippen molar-refractivity contribution in [1.29, 1.82) is 0 Å². The highest BCUT2D eigenvalue weighted by atomic mass is 15.0. The fraction of sp³-hybridized carbons (Fsp3) is 1.00. The normalized spacial score (nSPS) is 10.5. The number of hydrogen-bond donors (Lipinski definition) is 0. The molecule has 1 radical (unpaired) electrons. The van der Waals surface area contributed by atoms with Crippen LogP contribution in [0.1, 0.15) is 12.8 Å². The maximum atomic E-state index is 6.83. The molecule has 0 aliphatic rings. The molecule has 8 heavy (non-hydrogen) atoms. The molecule has 0 aliphatic carbocycles. The molecule has 0 rings (SSSR count). The van der Waals surface area contributed by atoms with Gasteiger partial charge in [0.2, 0.25) is 0 Å². The average Bonchev–Trinajstić information content (AvgIpc) is 1.66. The first-order valence-electron chi connectivity index (χ1n) is 3.06. The van der Waals surface area contributed by atoms with Crippen LogP contribution >= 0.6 is 0 Å². The summed E-state index contributed by atoms with van der Waals surface area (Å²) in [5.41, 5.74) is 6.83. The monoisotopic (exact) mass is 115 g/mol. The predicted octanol–water partition coefficient (Wildman–Crippen LogP) is 0.611. The molecule has 0 bridgehead atoms. The molecule has 0 saturated heterocycles. The minimum Gasteiger partial charge on any atom is -0.309 e. The van der Waals surface area contributed by atoms with Gasteiger partial charge in [0.25, 0.3) is 0 Å². The molecule has 0 aliphatic heterocycles. The number of unbranched alkanes of at least 4 members (excludes halogenated alkanes) is 1. The third-order valence-corrected chi connectivity index (χ3v) is 1.03. The summed E-state index contributed by atoms with van der Waals surface area (Å²) in [7, 11) is 4.12. The van der Waals surface area contributed by atoms with Crippen molar-refractivity contribution in [3.63, 3.8) is 0 Å². The van der Waals surface area contributed by atoms with Crippen molar-refractivity contribution in [1.82, 2.24) is 10.6 Å². The standard InChI is InChI=1S/C6H15N2/c1-8(2)6-4-3-5-7/h7H,3-6H2,1-2H3. The molecule has 2 heteroatoms. The van der Waals surface area contributed by atoms with Gasteiger partial charge in [0.05, 0.1) is 0 Å². The summed E-state index contributed by atoms with van der Waals surface area (Å²) < 4.78 is 0. The van der Waals surface area contributed by atoms with Crippen molar-refractivity contribution >= 4 is 0 Å². The van der Waals surface area contributed by atoms with Crippen LogP contribution in [0.4, 0.5) is 0 Å². The van der Waals surface area contributed by atoms with Gasteiger partial charge >= 0.3 is 0 Å². The fourth-order valence-corrected chi connectivity index (χ4v) is 0.553.